The van der Waals surface area contributed by atoms with Crippen LogP contribution in [0.15, 0.2) is 0 Å². The van der Waals surface area contributed by atoms with E-state index in [0.717, 1.165) is 11.7 Å². The van der Waals surface area contributed by atoms with Gasteiger partial charge in [-0.05, 0) is 0 Å². The molecule has 0 aromatic carbocycles. The van der Waals surface area contributed by atoms with Crippen LogP contribution in [0, 0.1) is 5.92 Å². The number of carboxylic acid groups (broad SMARTS) is 1. The summed E-state index contributed by atoms with van der Waals surface area (Å²) in [6.45, 7) is 1.85. The molecule has 3 N–H and O–H groups in total. The van der Waals surface area contributed by atoms with E-state index in [9.17, 15) is 4.79 Å². The van der Waals surface area contributed by atoms with Crippen molar-refractivity contribution in [2.24, 2.45) is 11.7 Å². The molecular formula is C6H13NO2Se. The van der Waals surface area contributed by atoms with Gasteiger partial charge < -0.3 is 0 Å². The maximum atomic E-state index is 10.3. The van der Waals surface area contributed by atoms with E-state index in [0.29, 0.717) is 0 Å². The molecule has 0 saturated heterocycles. The second-order valence-electron chi connectivity index (χ2n) is 2.35. The minimum absolute atomic E-state index is 0.0700. The van der Waals surface area contributed by atoms with Crippen molar-refractivity contribution in [2.75, 3.05) is 0 Å². The van der Waals surface area contributed by atoms with Crippen molar-refractivity contribution in [3.05, 3.63) is 0 Å². The zero-order valence-corrected chi connectivity index (χ0v) is 7.83. The zero-order valence-electron chi connectivity index (χ0n) is 5.95. The molecule has 0 aromatic rings. The summed E-state index contributed by atoms with van der Waals surface area (Å²) >= 11 is 2.42. The van der Waals surface area contributed by atoms with Crippen LogP contribution in [0.25, 0.3) is 0 Å². The predicted octanol–water partition coefficient (Wildman–Crippen LogP) is -0.256. The molecule has 3 nitrogen and oxygen atoms in total. The van der Waals surface area contributed by atoms with E-state index in [1.54, 1.807) is 0 Å². The first kappa shape index (κ1) is 9.95. The van der Waals surface area contributed by atoms with Crippen LogP contribution < -0.4 is 5.73 Å². The van der Waals surface area contributed by atoms with Gasteiger partial charge in [0.05, 0.1) is 0 Å². The Morgan fingerprint density at radius 1 is 1.80 bits per heavy atom. The summed E-state index contributed by atoms with van der Waals surface area (Å²) in [6.07, 6.45) is 0.855. The van der Waals surface area contributed by atoms with E-state index in [2.05, 4.69) is 16.0 Å². The van der Waals surface area contributed by atoms with Gasteiger partial charge >= 0.3 is 68.2 Å². The van der Waals surface area contributed by atoms with Crippen LogP contribution in [-0.2, 0) is 4.79 Å². The normalized spacial score (nSPS) is 16.3. The Morgan fingerprint density at radius 2 is 2.30 bits per heavy atom. The molecule has 0 radical (unpaired) electrons. The molecule has 0 saturated carbocycles. The second kappa shape index (κ2) is 4.72. The van der Waals surface area contributed by atoms with Gasteiger partial charge in [0.1, 0.15) is 0 Å². The van der Waals surface area contributed by atoms with Crippen LogP contribution in [0.3, 0.4) is 0 Å². The Kier molecular flexibility index (Phi) is 4.69. The molecule has 0 fully saturated rings. The number of aliphatic carboxylic acids is 1. The number of rotatable bonds is 4. The standard InChI is InChI=1S/C6H13NO2Se/c1-4(2-3-10)5(7)6(8)9/h4-5,10H,2-3,7H2,1H3,(H,8,9). The Balaban J connectivity index is 3.69. The maximum absolute atomic E-state index is 10.3. The Labute approximate surface area is 68.8 Å². The molecule has 2 unspecified atom stereocenters. The molecule has 0 bridgehead atoms. The third kappa shape index (κ3) is 3.20. The van der Waals surface area contributed by atoms with E-state index < -0.39 is 12.0 Å². The molecule has 0 aliphatic carbocycles. The number of carboxylic acids is 1. The van der Waals surface area contributed by atoms with Crippen LogP contribution in [0.4, 0.5) is 0 Å². The number of carbonyl (C=O) groups is 1. The van der Waals surface area contributed by atoms with Crippen LogP contribution in [0.5, 0.6) is 0 Å². The van der Waals surface area contributed by atoms with Gasteiger partial charge in [0, 0.05) is 0 Å². The molecule has 0 heterocycles. The number of nitrogens with two attached hydrogens (primary N) is 1. The fourth-order valence-electron chi connectivity index (χ4n) is 0.627. The zero-order chi connectivity index (χ0) is 8.15. The van der Waals surface area contributed by atoms with Crippen molar-refractivity contribution in [1.29, 1.82) is 0 Å². The molecule has 0 amide bonds. The van der Waals surface area contributed by atoms with Crippen LogP contribution in [0.1, 0.15) is 13.3 Å². The first-order valence-corrected chi connectivity index (χ1v) is 4.51. The van der Waals surface area contributed by atoms with E-state index in [1.165, 1.54) is 0 Å². The first-order valence-electron chi connectivity index (χ1n) is 3.18. The molecule has 4 heteroatoms. The predicted molar refractivity (Wildman–Crippen MR) is 41.3 cm³/mol. The fourth-order valence-corrected chi connectivity index (χ4v) is 1.48. The van der Waals surface area contributed by atoms with Gasteiger partial charge in [-0.15, -0.1) is 0 Å². The van der Waals surface area contributed by atoms with Gasteiger partial charge in [-0.1, -0.05) is 0 Å². The van der Waals surface area contributed by atoms with Crippen molar-refractivity contribution in [3.63, 3.8) is 0 Å². The summed E-state index contributed by atoms with van der Waals surface area (Å²) in [6, 6.07) is -0.704. The quantitative estimate of drug-likeness (QED) is 0.628. The molecule has 0 aliphatic rings. The summed E-state index contributed by atoms with van der Waals surface area (Å²) < 4.78 is 0. The molecule has 0 spiro atoms. The molecule has 60 valence electrons. The van der Waals surface area contributed by atoms with E-state index in [4.69, 9.17) is 10.8 Å². The molecule has 10 heavy (non-hydrogen) atoms. The Bertz CT molecular complexity index is 118. The summed E-state index contributed by atoms with van der Waals surface area (Å²) in [4.78, 5) is 10.3. The van der Waals surface area contributed by atoms with Crippen molar-refractivity contribution < 1.29 is 9.90 Å². The first-order chi connectivity index (χ1) is 4.59. The van der Waals surface area contributed by atoms with Crippen molar-refractivity contribution in [1.82, 2.24) is 0 Å². The van der Waals surface area contributed by atoms with Gasteiger partial charge in [-0.3, -0.25) is 0 Å². The summed E-state index contributed by atoms with van der Waals surface area (Å²) in [5.41, 5.74) is 5.34. The van der Waals surface area contributed by atoms with Crippen molar-refractivity contribution in [3.8, 4) is 0 Å². The summed E-state index contributed by atoms with van der Waals surface area (Å²) in [7, 11) is 0. The Hall–Kier alpha value is -0.0505. The van der Waals surface area contributed by atoms with Crippen molar-refractivity contribution in [2.45, 2.75) is 24.7 Å². The van der Waals surface area contributed by atoms with Crippen LogP contribution >= 0.6 is 0 Å². The molecule has 2 atom stereocenters. The number of hydrogen-bond donors (Lipinski definition) is 2. The number of hydrogen-bond acceptors (Lipinski definition) is 2. The third-order valence-corrected chi connectivity index (χ3v) is 2.02. The molecule has 0 aromatic heterocycles. The van der Waals surface area contributed by atoms with E-state index in [-0.39, 0.29) is 5.92 Å². The average molecular weight is 210 g/mol. The van der Waals surface area contributed by atoms with Gasteiger partial charge in [0.15, 0.2) is 0 Å². The van der Waals surface area contributed by atoms with Gasteiger partial charge in [0.25, 0.3) is 0 Å². The molecule has 0 rings (SSSR count). The topological polar surface area (TPSA) is 63.3 Å². The van der Waals surface area contributed by atoms with Crippen LogP contribution in [-0.4, -0.2) is 33.1 Å². The average Bonchev–Trinajstić information content (AvgIpc) is 1.87. The summed E-state index contributed by atoms with van der Waals surface area (Å²) in [5, 5.41) is 9.37. The SMILES string of the molecule is CC(CC[SeH])C(N)C(=O)O. The second-order valence-corrected chi connectivity index (χ2v) is 3.29. The Morgan fingerprint density at radius 3 is 2.60 bits per heavy atom. The van der Waals surface area contributed by atoms with Gasteiger partial charge in [0.2, 0.25) is 0 Å². The van der Waals surface area contributed by atoms with Crippen LogP contribution in [0.2, 0.25) is 5.32 Å². The monoisotopic (exact) mass is 211 g/mol. The van der Waals surface area contributed by atoms with E-state index in [1.807, 2.05) is 6.92 Å². The fraction of sp³-hybridized carbons (Fsp3) is 0.833. The summed E-state index contributed by atoms with van der Waals surface area (Å²) in [5.74, 6) is -0.839. The molecule has 0 aliphatic heterocycles. The van der Waals surface area contributed by atoms with Crippen molar-refractivity contribution >= 4 is 22.0 Å². The van der Waals surface area contributed by atoms with E-state index >= 15 is 0 Å². The van der Waals surface area contributed by atoms with Gasteiger partial charge in [-0.25, -0.2) is 0 Å². The third-order valence-electron chi connectivity index (χ3n) is 1.48. The van der Waals surface area contributed by atoms with Gasteiger partial charge in [-0.2, -0.15) is 0 Å². The molecular weight excluding hydrogens is 197 g/mol. The minimum atomic E-state index is -0.909.